The lowest BCUT2D eigenvalue weighted by Gasteiger charge is -2.23. The van der Waals surface area contributed by atoms with Crippen LogP contribution in [0.3, 0.4) is 0 Å². The first kappa shape index (κ1) is 16.8. The zero-order chi connectivity index (χ0) is 16.1. The minimum atomic E-state index is -0.181. The molecule has 1 aromatic rings. The van der Waals surface area contributed by atoms with Gasteiger partial charge in [-0.1, -0.05) is 25.5 Å². The maximum atomic E-state index is 12.7. The summed E-state index contributed by atoms with van der Waals surface area (Å²) in [4.78, 5) is 15.0. The van der Waals surface area contributed by atoms with Crippen molar-refractivity contribution in [2.45, 2.75) is 46.1 Å². The molecule has 2 N–H and O–H groups in total. The standard InChI is InChI=1S/C18H28N2O2/c1-13(2)10-15(12-21)19-18(22)16-11-14(3)6-7-17(16)20-8-4-5-9-20/h6-7,11,13,15,21H,4-5,8-10,12H2,1-3H3,(H,19,22). The topological polar surface area (TPSA) is 52.6 Å². The molecule has 0 saturated carbocycles. The van der Waals surface area contributed by atoms with E-state index in [4.69, 9.17) is 0 Å². The van der Waals surface area contributed by atoms with Gasteiger partial charge in [-0.3, -0.25) is 4.79 Å². The quantitative estimate of drug-likeness (QED) is 0.849. The van der Waals surface area contributed by atoms with E-state index < -0.39 is 0 Å². The van der Waals surface area contributed by atoms with Gasteiger partial charge in [0.05, 0.1) is 18.2 Å². The van der Waals surface area contributed by atoms with Crippen molar-refractivity contribution in [1.29, 1.82) is 0 Å². The molecule has 1 aliphatic heterocycles. The Bertz CT molecular complexity index is 508. The fourth-order valence-corrected chi connectivity index (χ4v) is 3.08. The number of aliphatic hydroxyl groups is 1. The monoisotopic (exact) mass is 304 g/mol. The molecule has 0 aliphatic carbocycles. The number of rotatable bonds is 6. The zero-order valence-electron chi connectivity index (χ0n) is 13.9. The van der Waals surface area contributed by atoms with Crippen LogP contribution in [-0.2, 0) is 0 Å². The Kier molecular flexibility index (Phi) is 5.83. The van der Waals surface area contributed by atoms with Crippen LogP contribution in [0.4, 0.5) is 5.69 Å². The molecule has 1 atom stereocenters. The molecule has 1 aliphatic rings. The van der Waals surface area contributed by atoms with Gasteiger partial charge in [-0.2, -0.15) is 0 Å². The second-order valence-corrected chi connectivity index (χ2v) is 6.70. The number of nitrogens with zero attached hydrogens (tertiary/aromatic N) is 1. The van der Waals surface area contributed by atoms with E-state index in [0.717, 1.165) is 36.3 Å². The number of aryl methyl sites for hydroxylation is 1. The number of nitrogens with one attached hydrogen (secondary N) is 1. The van der Waals surface area contributed by atoms with Crippen molar-refractivity contribution in [2.24, 2.45) is 5.92 Å². The van der Waals surface area contributed by atoms with E-state index in [1.165, 1.54) is 12.8 Å². The third-order valence-corrected chi connectivity index (χ3v) is 4.15. The third-order valence-electron chi connectivity index (χ3n) is 4.15. The summed E-state index contributed by atoms with van der Waals surface area (Å²) < 4.78 is 0. The number of aliphatic hydroxyl groups excluding tert-OH is 1. The average Bonchev–Trinajstić information content (AvgIpc) is 2.99. The van der Waals surface area contributed by atoms with Crippen molar-refractivity contribution in [2.75, 3.05) is 24.6 Å². The van der Waals surface area contributed by atoms with Gasteiger partial charge < -0.3 is 15.3 Å². The molecule has 0 bridgehead atoms. The van der Waals surface area contributed by atoms with E-state index in [2.05, 4.69) is 30.1 Å². The smallest absolute Gasteiger partial charge is 0.253 e. The molecule has 1 amide bonds. The summed E-state index contributed by atoms with van der Waals surface area (Å²) in [5.74, 6) is 0.360. The fraction of sp³-hybridized carbons (Fsp3) is 0.611. The minimum absolute atomic E-state index is 0.0191. The highest BCUT2D eigenvalue weighted by Gasteiger charge is 2.21. The second kappa shape index (κ2) is 7.63. The van der Waals surface area contributed by atoms with Gasteiger partial charge in [-0.05, 0) is 44.2 Å². The van der Waals surface area contributed by atoms with E-state index in [1.807, 2.05) is 19.1 Å². The Morgan fingerprint density at radius 3 is 2.59 bits per heavy atom. The van der Waals surface area contributed by atoms with Crippen LogP contribution >= 0.6 is 0 Å². The highest BCUT2D eigenvalue weighted by Crippen LogP contribution is 2.26. The zero-order valence-corrected chi connectivity index (χ0v) is 13.9. The Morgan fingerprint density at radius 2 is 2.00 bits per heavy atom. The molecule has 1 aromatic carbocycles. The van der Waals surface area contributed by atoms with Gasteiger partial charge >= 0.3 is 0 Å². The Balaban J connectivity index is 2.18. The molecule has 0 radical (unpaired) electrons. The van der Waals surface area contributed by atoms with Crippen LogP contribution in [-0.4, -0.2) is 36.8 Å². The van der Waals surface area contributed by atoms with Crippen molar-refractivity contribution in [3.63, 3.8) is 0 Å². The van der Waals surface area contributed by atoms with Crippen LogP contribution in [0.1, 0.15) is 49.0 Å². The predicted molar refractivity (Wildman–Crippen MR) is 90.4 cm³/mol. The fourth-order valence-electron chi connectivity index (χ4n) is 3.08. The first-order valence-corrected chi connectivity index (χ1v) is 8.28. The summed E-state index contributed by atoms with van der Waals surface area (Å²) in [5.41, 5.74) is 2.82. The van der Waals surface area contributed by atoms with Crippen LogP contribution < -0.4 is 10.2 Å². The molecule has 4 nitrogen and oxygen atoms in total. The van der Waals surface area contributed by atoms with Gasteiger partial charge in [-0.25, -0.2) is 0 Å². The van der Waals surface area contributed by atoms with Crippen LogP contribution in [0.2, 0.25) is 0 Å². The number of amides is 1. The Hall–Kier alpha value is -1.55. The van der Waals surface area contributed by atoms with Crippen molar-refractivity contribution in [3.05, 3.63) is 29.3 Å². The summed E-state index contributed by atoms with van der Waals surface area (Å²) in [6, 6.07) is 5.88. The third kappa shape index (κ3) is 4.23. The molecule has 0 spiro atoms. The molecule has 2 rings (SSSR count). The van der Waals surface area contributed by atoms with Crippen LogP contribution in [0.25, 0.3) is 0 Å². The number of hydrogen-bond donors (Lipinski definition) is 2. The number of carbonyl (C=O) groups excluding carboxylic acids is 1. The maximum absolute atomic E-state index is 12.7. The molecule has 1 unspecified atom stereocenters. The van der Waals surface area contributed by atoms with E-state index in [1.54, 1.807) is 0 Å². The first-order valence-electron chi connectivity index (χ1n) is 8.28. The van der Waals surface area contributed by atoms with Crippen molar-refractivity contribution in [3.8, 4) is 0 Å². The van der Waals surface area contributed by atoms with Crippen LogP contribution in [0.5, 0.6) is 0 Å². The van der Waals surface area contributed by atoms with E-state index in [-0.39, 0.29) is 18.6 Å². The number of anilines is 1. The molecule has 22 heavy (non-hydrogen) atoms. The average molecular weight is 304 g/mol. The largest absolute Gasteiger partial charge is 0.394 e. The summed E-state index contributed by atoms with van der Waals surface area (Å²) in [6.45, 7) is 8.20. The lowest BCUT2D eigenvalue weighted by atomic mass is 10.0. The van der Waals surface area contributed by atoms with Gasteiger partial charge in [0.25, 0.3) is 5.91 Å². The molecule has 1 heterocycles. The Morgan fingerprint density at radius 1 is 1.32 bits per heavy atom. The number of benzene rings is 1. The van der Waals surface area contributed by atoms with Gasteiger partial charge in [-0.15, -0.1) is 0 Å². The molecule has 4 heteroatoms. The van der Waals surface area contributed by atoms with E-state index in [0.29, 0.717) is 5.92 Å². The van der Waals surface area contributed by atoms with Gasteiger partial charge in [0.15, 0.2) is 0 Å². The highest BCUT2D eigenvalue weighted by molar-refractivity contribution is 6.00. The second-order valence-electron chi connectivity index (χ2n) is 6.70. The summed E-state index contributed by atoms with van der Waals surface area (Å²) >= 11 is 0. The lowest BCUT2D eigenvalue weighted by molar-refractivity contribution is 0.0909. The summed E-state index contributed by atoms with van der Waals surface area (Å²) in [5, 5.41) is 12.5. The number of hydrogen-bond acceptors (Lipinski definition) is 3. The molecule has 122 valence electrons. The minimum Gasteiger partial charge on any atom is -0.394 e. The highest BCUT2D eigenvalue weighted by atomic mass is 16.3. The van der Waals surface area contributed by atoms with Gasteiger partial charge in [0.2, 0.25) is 0 Å². The molecular weight excluding hydrogens is 276 g/mol. The van der Waals surface area contributed by atoms with E-state index in [9.17, 15) is 9.90 Å². The predicted octanol–water partition coefficient (Wildman–Crippen LogP) is 2.73. The van der Waals surface area contributed by atoms with Crippen molar-refractivity contribution < 1.29 is 9.90 Å². The molecule has 1 saturated heterocycles. The summed E-state index contributed by atoms with van der Waals surface area (Å²) in [6.07, 6.45) is 3.15. The molecular formula is C18H28N2O2. The maximum Gasteiger partial charge on any atom is 0.253 e. The lowest BCUT2D eigenvalue weighted by Crippen LogP contribution is -2.39. The van der Waals surface area contributed by atoms with Crippen molar-refractivity contribution in [1.82, 2.24) is 5.32 Å². The van der Waals surface area contributed by atoms with E-state index >= 15 is 0 Å². The summed E-state index contributed by atoms with van der Waals surface area (Å²) in [7, 11) is 0. The normalized spacial score (nSPS) is 16.1. The first-order chi connectivity index (χ1) is 10.5. The molecule has 0 aromatic heterocycles. The molecule has 1 fully saturated rings. The SMILES string of the molecule is Cc1ccc(N2CCCC2)c(C(=O)NC(CO)CC(C)C)c1. The van der Waals surface area contributed by atoms with Gasteiger partial charge in [0.1, 0.15) is 0 Å². The van der Waals surface area contributed by atoms with Crippen LogP contribution in [0.15, 0.2) is 18.2 Å². The Labute approximate surface area is 133 Å². The van der Waals surface area contributed by atoms with Crippen LogP contribution in [0, 0.1) is 12.8 Å². The van der Waals surface area contributed by atoms with Gasteiger partial charge in [0, 0.05) is 18.8 Å². The van der Waals surface area contributed by atoms with Crippen molar-refractivity contribution >= 4 is 11.6 Å². The number of carbonyl (C=O) groups is 1.